The summed E-state index contributed by atoms with van der Waals surface area (Å²) in [5.74, 6) is 1.24. The lowest BCUT2D eigenvalue weighted by Gasteiger charge is -2.31. The zero-order valence-corrected chi connectivity index (χ0v) is 32.1. The zero-order chi connectivity index (χ0) is 39.4. The Morgan fingerprint density at radius 1 is 0.818 bits per heavy atom. The van der Waals surface area contributed by atoms with Gasteiger partial charge in [0.1, 0.15) is 23.5 Å². The molecular weight excluding hydrogens is 706 g/mol. The Morgan fingerprint density at radius 3 is 1.98 bits per heavy atom. The van der Waals surface area contributed by atoms with Gasteiger partial charge in [0.2, 0.25) is 18.2 Å². The number of aromatic nitrogens is 5. The van der Waals surface area contributed by atoms with Crippen molar-refractivity contribution in [2.24, 2.45) is 11.8 Å². The quantitative estimate of drug-likeness (QED) is 0.125. The Balaban J connectivity index is 1.13. The molecule has 5 heterocycles. The molecule has 16 nitrogen and oxygen atoms in total. The van der Waals surface area contributed by atoms with Crippen molar-refractivity contribution in [3.05, 3.63) is 77.0 Å². The molecule has 0 bridgehead atoms. The number of aliphatic hydroxyl groups excluding tert-OH is 1. The highest BCUT2D eigenvalue weighted by atomic mass is 16.6. The smallest absolute Gasteiger partial charge is 0.407 e. The molecule has 2 fully saturated rings. The molecule has 0 aliphatic carbocycles. The minimum absolute atomic E-state index is 0.0909. The number of H-pyrrole nitrogens is 2. The average molecular weight is 758 g/mol. The average Bonchev–Trinajstić information content (AvgIpc) is 4.02. The Hall–Kier alpha value is -5.32. The number of amides is 3. The van der Waals surface area contributed by atoms with E-state index in [1.165, 1.54) is 18.8 Å². The van der Waals surface area contributed by atoms with E-state index in [-0.39, 0.29) is 41.3 Å². The number of hydrogen-bond acceptors (Lipinski definition) is 10. The number of nitrogens with zero attached hydrogens (tertiary/aromatic N) is 5. The Kier molecular flexibility index (Phi) is 12.2. The van der Waals surface area contributed by atoms with Crippen LogP contribution < -0.4 is 16.2 Å². The largest absolute Gasteiger partial charge is 0.453 e. The van der Waals surface area contributed by atoms with Gasteiger partial charge in [0.25, 0.3) is 5.56 Å². The first-order valence-corrected chi connectivity index (χ1v) is 18.8. The number of carbonyl (C=O) groups is 3. The van der Waals surface area contributed by atoms with Crippen molar-refractivity contribution in [1.82, 2.24) is 44.9 Å². The van der Waals surface area contributed by atoms with Crippen LogP contribution in [-0.2, 0) is 19.1 Å². The van der Waals surface area contributed by atoms with Crippen molar-refractivity contribution in [2.45, 2.75) is 84.0 Å². The van der Waals surface area contributed by atoms with E-state index >= 15 is 0 Å². The molecule has 0 spiro atoms. The first-order valence-electron chi connectivity index (χ1n) is 18.8. The van der Waals surface area contributed by atoms with Crippen LogP contribution in [-0.4, -0.2) is 103 Å². The van der Waals surface area contributed by atoms with E-state index < -0.39 is 24.6 Å². The number of aliphatic hydroxyl groups is 1. The van der Waals surface area contributed by atoms with Crippen LogP contribution >= 0.6 is 0 Å². The van der Waals surface area contributed by atoms with Crippen molar-refractivity contribution in [3.8, 4) is 28.2 Å². The molecule has 5 unspecified atom stereocenters. The second-order valence-corrected chi connectivity index (χ2v) is 14.8. The highest BCUT2D eigenvalue weighted by Crippen LogP contribution is 2.34. The molecule has 2 aliphatic heterocycles. The SMILES string of the molecule is COC(=O)NC(C(=O)N1CCCC1c1ncc(-c2ccc(-c3ccn(-c4cnc(C5CCCN5C(=O)C(NC(O)OC)C(C)C)[nH]4)c(=O)c3)cc2)[nH]1)C(C)C. The van der Waals surface area contributed by atoms with Crippen LogP contribution in [0.25, 0.3) is 28.2 Å². The number of ether oxygens (including phenoxy) is 2. The van der Waals surface area contributed by atoms with Gasteiger partial charge in [-0.15, -0.1) is 0 Å². The highest BCUT2D eigenvalue weighted by molar-refractivity contribution is 5.86. The predicted octanol–water partition coefficient (Wildman–Crippen LogP) is 3.86. The zero-order valence-electron chi connectivity index (χ0n) is 32.1. The maximum Gasteiger partial charge on any atom is 0.407 e. The summed E-state index contributed by atoms with van der Waals surface area (Å²) >= 11 is 0. The van der Waals surface area contributed by atoms with E-state index in [2.05, 4.69) is 30.6 Å². The summed E-state index contributed by atoms with van der Waals surface area (Å²) in [6.45, 7) is 8.70. The topological polar surface area (TPSA) is 200 Å². The lowest BCUT2D eigenvalue weighted by atomic mass is 10.0. The summed E-state index contributed by atoms with van der Waals surface area (Å²) in [6, 6.07) is 9.33. The third kappa shape index (κ3) is 8.50. The van der Waals surface area contributed by atoms with Crippen molar-refractivity contribution >= 4 is 17.9 Å². The van der Waals surface area contributed by atoms with E-state index in [0.29, 0.717) is 37.0 Å². The molecule has 4 aromatic rings. The fourth-order valence-corrected chi connectivity index (χ4v) is 7.43. The van der Waals surface area contributed by atoms with Gasteiger partial charge in [-0.3, -0.25) is 24.3 Å². The van der Waals surface area contributed by atoms with Gasteiger partial charge in [-0.25, -0.2) is 14.8 Å². The molecule has 16 heteroatoms. The van der Waals surface area contributed by atoms with Gasteiger partial charge in [0.05, 0.1) is 43.3 Å². The normalized spacial score (nSPS) is 18.9. The summed E-state index contributed by atoms with van der Waals surface area (Å²) < 4.78 is 11.2. The number of benzene rings is 1. The number of methoxy groups -OCH3 is 2. The molecular formula is C39H51N9O7. The molecule has 55 heavy (non-hydrogen) atoms. The van der Waals surface area contributed by atoms with Crippen LogP contribution in [0, 0.1) is 11.8 Å². The highest BCUT2D eigenvalue weighted by Gasteiger charge is 2.39. The lowest BCUT2D eigenvalue weighted by Crippen LogP contribution is -2.52. The Bertz CT molecular complexity index is 2020. The summed E-state index contributed by atoms with van der Waals surface area (Å²) in [5.41, 5.74) is 3.05. The lowest BCUT2D eigenvalue weighted by molar-refractivity contribution is -0.145. The molecule has 3 aromatic heterocycles. The molecule has 3 amide bonds. The monoisotopic (exact) mass is 757 g/mol. The molecule has 1 aromatic carbocycles. The first-order chi connectivity index (χ1) is 26.4. The van der Waals surface area contributed by atoms with Crippen LogP contribution in [0.15, 0.2) is 59.8 Å². The van der Waals surface area contributed by atoms with Gasteiger partial charge in [-0.2, -0.15) is 0 Å². The van der Waals surface area contributed by atoms with Crippen molar-refractivity contribution in [1.29, 1.82) is 0 Å². The molecule has 5 N–H and O–H groups in total. The third-order valence-electron chi connectivity index (χ3n) is 10.5. The second kappa shape index (κ2) is 17.0. The number of rotatable bonds is 13. The molecule has 2 aliphatic rings. The van der Waals surface area contributed by atoms with Crippen molar-refractivity contribution in [2.75, 3.05) is 27.3 Å². The van der Waals surface area contributed by atoms with E-state index in [1.54, 1.807) is 34.5 Å². The summed E-state index contributed by atoms with van der Waals surface area (Å²) in [5, 5.41) is 15.5. The first kappa shape index (κ1) is 39.4. The molecule has 6 rings (SSSR count). The second-order valence-electron chi connectivity index (χ2n) is 14.8. The number of nitrogens with one attached hydrogen (secondary N) is 4. The van der Waals surface area contributed by atoms with Crippen molar-refractivity contribution in [3.63, 3.8) is 0 Å². The summed E-state index contributed by atoms with van der Waals surface area (Å²) in [4.78, 5) is 71.8. The Morgan fingerprint density at radius 2 is 1.40 bits per heavy atom. The van der Waals surface area contributed by atoms with Crippen LogP contribution in [0.3, 0.4) is 0 Å². The molecule has 5 atom stereocenters. The maximum absolute atomic E-state index is 13.6. The molecule has 2 saturated heterocycles. The van der Waals surface area contributed by atoms with Crippen molar-refractivity contribution < 1.29 is 29.0 Å². The molecule has 0 radical (unpaired) electrons. The Labute approximate surface area is 319 Å². The van der Waals surface area contributed by atoms with Crippen LogP contribution in [0.5, 0.6) is 0 Å². The minimum Gasteiger partial charge on any atom is -0.453 e. The minimum atomic E-state index is -1.26. The van der Waals surface area contributed by atoms with Gasteiger partial charge in [0.15, 0.2) is 0 Å². The van der Waals surface area contributed by atoms with Gasteiger partial charge in [0, 0.05) is 32.5 Å². The van der Waals surface area contributed by atoms with Crippen LogP contribution in [0.1, 0.15) is 77.1 Å². The summed E-state index contributed by atoms with van der Waals surface area (Å²) in [6.07, 6.45) is 6.24. The van der Waals surface area contributed by atoms with Gasteiger partial charge in [-0.1, -0.05) is 52.0 Å². The van der Waals surface area contributed by atoms with E-state index in [9.17, 15) is 24.3 Å². The number of pyridine rings is 1. The summed E-state index contributed by atoms with van der Waals surface area (Å²) in [7, 11) is 2.64. The fourth-order valence-electron chi connectivity index (χ4n) is 7.43. The number of alkyl carbamates (subject to hydrolysis) is 1. The van der Waals surface area contributed by atoms with E-state index in [0.717, 1.165) is 41.6 Å². The number of carbonyl (C=O) groups excluding carboxylic acids is 3. The number of hydrogen-bond donors (Lipinski definition) is 5. The van der Waals surface area contributed by atoms with Gasteiger partial charge >= 0.3 is 6.09 Å². The molecule has 294 valence electrons. The maximum atomic E-state index is 13.6. The van der Waals surface area contributed by atoms with Gasteiger partial charge < -0.3 is 39.7 Å². The van der Waals surface area contributed by atoms with Gasteiger partial charge in [-0.05, 0) is 60.3 Å². The van der Waals surface area contributed by atoms with Crippen LogP contribution in [0.2, 0.25) is 0 Å². The van der Waals surface area contributed by atoms with E-state index in [1.807, 2.05) is 58.0 Å². The predicted molar refractivity (Wildman–Crippen MR) is 204 cm³/mol. The van der Waals surface area contributed by atoms with Crippen LogP contribution in [0.4, 0.5) is 4.79 Å². The third-order valence-corrected chi connectivity index (χ3v) is 10.5. The molecule has 0 saturated carbocycles. The fraction of sp³-hybridized carbons (Fsp3) is 0.487. The number of aromatic amines is 2. The number of likely N-dealkylation sites (tertiary alicyclic amines) is 2. The standard InChI is InChI=1S/C39H51N9O7/c1-22(2)32(44-38(52)54-5)36(50)46-16-7-9-28(46)34-40-20-27(42-34)25-13-11-24(12-14-25)26-15-18-48(31(49)19-26)30-21-41-35(43-30)29-10-8-17-47(29)37(51)33(23(3)4)45-39(53)55-6/h11-15,18-23,28-29,32-33,39,45,53H,7-10,16-17H2,1-6H3,(H,40,42)(H,41,43)(H,44,52). The van der Waals surface area contributed by atoms with E-state index in [4.69, 9.17) is 9.47 Å². The number of imidazole rings is 2.